The van der Waals surface area contributed by atoms with Crippen LogP contribution in [0.2, 0.25) is 5.02 Å². The van der Waals surface area contributed by atoms with Crippen LogP contribution in [0, 0.1) is 6.92 Å². The lowest BCUT2D eigenvalue weighted by Gasteiger charge is -2.08. The van der Waals surface area contributed by atoms with Crippen molar-refractivity contribution in [2.45, 2.75) is 19.9 Å². The first-order chi connectivity index (χ1) is 13.1. The molecule has 3 rings (SSSR count). The van der Waals surface area contributed by atoms with Crippen molar-refractivity contribution in [3.8, 4) is 0 Å². The molecule has 0 aliphatic heterocycles. The second-order valence-electron chi connectivity index (χ2n) is 6.26. The lowest BCUT2D eigenvalue weighted by Crippen LogP contribution is -2.24. The van der Waals surface area contributed by atoms with Crippen molar-refractivity contribution in [2.75, 3.05) is 11.9 Å². The van der Waals surface area contributed by atoms with Crippen LogP contribution in [0.3, 0.4) is 0 Å². The maximum Gasteiger partial charge on any atom is 0.270 e. The first kappa shape index (κ1) is 18.9. The first-order valence-electron chi connectivity index (χ1n) is 8.74. The Morgan fingerprint density at radius 1 is 1.04 bits per heavy atom. The number of nitrogens with zero attached hydrogens (tertiary/aromatic N) is 2. The number of carbonyl (C=O) groups excluding carboxylic acids is 1. The van der Waals surface area contributed by atoms with Crippen LogP contribution in [0.25, 0.3) is 0 Å². The summed E-state index contributed by atoms with van der Waals surface area (Å²) in [6, 6.07) is 17.4. The molecule has 2 aromatic carbocycles. The molecule has 0 saturated heterocycles. The fourth-order valence-electron chi connectivity index (χ4n) is 2.58. The van der Waals surface area contributed by atoms with Crippen molar-refractivity contribution in [2.24, 2.45) is 0 Å². The topological polar surface area (TPSA) is 66.9 Å². The van der Waals surface area contributed by atoms with E-state index in [2.05, 4.69) is 20.6 Å². The van der Waals surface area contributed by atoms with Crippen LogP contribution in [-0.4, -0.2) is 22.4 Å². The summed E-state index contributed by atoms with van der Waals surface area (Å²) in [6.45, 7) is 3.17. The minimum absolute atomic E-state index is 0.226. The number of benzene rings is 2. The van der Waals surface area contributed by atoms with Crippen molar-refractivity contribution >= 4 is 23.3 Å². The summed E-state index contributed by atoms with van der Waals surface area (Å²) in [7, 11) is 0. The van der Waals surface area contributed by atoms with E-state index in [1.54, 1.807) is 6.07 Å². The van der Waals surface area contributed by atoms with Gasteiger partial charge in [-0.15, -0.1) is 0 Å². The molecule has 0 spiro atoms. The third kappa shape index (κ3) is 5.79. The van der Waals surface area contributed by atoms with Gasteiger partial charge in [-0.2, -0.15) is 0 Å². The van der Waals surface area contributed by atoms with Crippen LogP contribution >= 0.6 is 11.6 Å². The Labute approximate surface area is 163 Å². The van der Waals surface area contributed by atoms with Crippen LogP contribution in [0.4, 0.5) is 5.82 Å². The summed E-state index contributed by atoms with van der Waals surface area (Å²) in [4.78, 5) is 20.6. The van der Waals surface area contributed by atoms with E-state index < -0.39 is 0 Å². The van der Waals surface area contributed by atoms with Gasteiger partial charge in [0.2, 0.25) is 0 Å². The van der Waals surface area contributed by atoms with Crippen LogP contribution in [0.5, 0.6) is 0 Å². The van der Waals surface area contributed by atoms with E-state index in [1.807, 2.05) is 55.5 Å². The molecule has 0 aliphatic rings. The predicted molar refractivity (Wildman–Crippen MR) is 108 cm³/mol. The van der Waals surface area contributed by atoms with E-state index in [0.29, 0.717) is 24.6 Å². The first-order valence-corrected chi connectivity index (χ1v) is 9.12. The number of hydrogen-bond donors (Lipinski definition) is 2. The molecule has 3 aromatic rings. The SMILES string of the molecule is Cc1ccc(CNC(=O)c2cc(NCCc3cccc(Cl)c3)ncn2)cc1. The highest BCUT2D eigenvalue weighted by atomic mass is 35.5. The molecular formula is C21H21ClN4O. The second-order valence-corrected chi connectivity index (χ2v) is 6.70. The lowest BCUT2D eigenvalue weighted by molar-refractivity contribution is 0.0946. The number of aryl methyl sites for hydroxylation is 1. The Bertz CT molecular complexity index is 912. The zero-order valence-electron chi connectivity index (χ0n) is 15.1. The molecular weight excluding hydrogens is 360 g/mol. The van der Waals surface area contributed by atoms with E-state index in [-0.39, 0.29) is 5.91 Å². The molecule has 0 fully saturated rings. The predicted octanol–water partition coefficient (Wildman–Crippen LogP) is 4.02. The third-order valence-electron chi connectivity index (χ3n) is 4.08. The number of carbonyl (C=O) groups is 1. The second kappa shape index (κ2) is 9.14. The lowest BCUT2D eigenvalue weighted by atomic mass is 10.1. The summed E-state index contributed by atoms with van der Waals surface area (Å²) in [5.41, 5.74) is 3.71. The molecule has 5 nitrogen and oxygen atoms in total. The van der Waals surface area contributed by atoms with Crippen LogP contribution in [-0.2, 0) is 13.0 Å². The molecule has 6 heteroatoms. The average molecular weight is 381 g/mol. The Hall–Kier alpha value is -2.92. The zero-order chi connectivity index (χ0) is 19.1. The van der Waals surface area contributed by atoms with Crippen molar-refractivity contribution in [3.05, 3.63) is 88.3 Å². The summed E-state index contributed by atoms with van der Waals surface area (Å²) < 4.78 is 0. The third-order valence-corrected chi connectivity index (χ3v) is 4.32. The number of amides is 1. The minimum atomic E-state index is -0.226. The van der Waals surface area contributed by atoms with E-state index in [9.17, 15) is 4.79 Å². The molecule has 0 atom stereocenters. The van der Waals surface area contributed by atoms with Crippen molar-refractivity contribution in [1.29, 1.82) is 0 Å². The number of rotatable bonds is 7. The quantitative estimate of drug-likeness (QED) is 0.649. The van der Waals surface area contributed by atoms with Gasteiger partial charge in [-0.05, 0) is 36.6 Å². The number of hydrogen-bond acceptors (Lipinski definition) is 4. The smallest absolute Gasteiger partial charge is 0.270 e. The van der Waals surface area contributed by atoms with Gasteiger partial charge < -0.3 is 10.6 Å². The molecule has 0 saturated carbocycles. The number of anilines is 1. The van der Waals surface area contributed by atoms with Crippen molar-refractivity contribution in [3.63, 3.8) is 0 Å². The molecule has 0 unspecified atom stereocenters. The summed E-state index contributed by atoms with van der Waals surface area (Å²) in [6.07, 6.45) is 2.20. The van der Waals surface area contributed by atoms with Gasteiger partial charge in [0.1, 0.15) is 17.8 Å². The Morgan fingerprint density at radius 3 is 2.63 bits per heavy atom. The van der Waals surface area contributed by atoms with Gasteiger partial charge in [-0.25, -0.2) is 9.97 Å². The average Bonchev–Trinajstić information content (AvgIpc) is 2.68. The standard InChI is InChI=1S/C21H21ClN4O/c1-15-5-7-17(8-6-15)13-24-21(27)19-12-20(26-14-25-19)23-10-9-16-3-2-4-18(22)11-16/h2-8,11-12,14H,9-10,13H2,1H3,(H,24,27)(H,23,25,26). The van der Waals surface area contributed by atoms with Crippen LogP contribution in [0.1, 0.15) is 27.2 Å². The Morgan fingerprint density at radius 2 is 1.85 bits per heavy atom. The molecule has 27 heavy (non-hydrogen) atoms. The molecule has 138 valence electrons. The summed E-state index contributed by atoms with van der Waals surface area (Å²) >= 11 is 5.99. The van der Waals surface area contributed by atoms with Crippen molar-refractivity contribution in [1.82, 2.24) is 15.3 Å². The maximum atomic E-state index is 12.3. The number of halogens is 1. The fraction of sp³-hybridized carbons (Fsp3) is 0.190. The van der Waals surface area contributed by atoms with Gasteiger partial charge >= 0.3 is 0 Å². The minimum Gasteiger partial charge on any atom is -0.370 e. The van der Waals surface area contributed by atoms with Gasteiger partial charge in [0.05, 0.1) is 0 Å². The highest BCUT2D eigenvalue weighted by molar-refractivity contribution is 6.30. The largest absolute Gasteiger partial charge is 0.370 e. The van der Waals surface area contributed by atoms with Gasteiger partial charge in [0.15, 0.2) is 0 Å². The Kier molecular flexibility index (Phi) is 6.39. The van der Waals surface area contributed by atoms with Gasteiger partial charge in [0.25, 0.3) is 5.91 Å². The summed E-state index contributed by atoms with van der Waals surface area (Å²) in [5.74, 6) is 0.392. The molecule has 0 bridgehead atoms. The van der Waals surface area contributed by atoms with Gasteiger partial charge in [-0.1, -0.05) is 53.6 Å². The molecule has 1 aromatic heterocycles. The highest BCUT2D eigenvalue weighted by Crippen LogP contribution is 2.12. The maximum absolute atomic E-state index is 12.3. The van der Waals surface area contributed by atoms with Crippen LogP contribution in [0.15, 0.2) is 60.9 Å². The molecule has 0 aliphatic carbocycles. The van der Waals surface area contributed by atoms with E-state index >= 15 is 0 Å². The summed E-state index contributed by atoms with van der Waals surface area (Å²) in [5, 5.41) is 6.82. The van der Waals surface area contributed by atoms with E-state index in [1.165, 1.54) is 11.9 Å². The van der Waals surface area contributed by atoms with Gasteiger partial charge in [0, 0.05) is 24.2 Å². The fourth-order valence-corrected chi connectivity index (χ4v) is 2.80. The number of nitrogens with one attached hydrogen (secondary N) is 2. The van der Waals surface area contributed by atoms with Crippen molar-refractivity contribution < 1.29 is 4.79 Å². The normalized spacial score (nSPS) is 10.4. The molecule has 0 radical (unpaired) electrons. The highest BCUT2D eigenvalue weighted by Gasteiger charge is 2.08. The van der Waals surface area contributed by atoms with E-state index in [0.717, 1.165) is 22.6 Å². The van der Waals surface area contributed by atoms with E-state index in [4.69, 9.17) is 11.6 Å². The van der Waals surface area contributed by atoms with Crippen LogP contribution < -0.4 is 10.6 Å². The molecule has 1 heterocycles. The molecule has 2 N–H and O–H groups in total. The number of aromatic nitrogens is 2. The van der Waals surface area contributed by atoms with Gasteiger partial charge in [-0.3, -0.25) is 4.79 Å². The Balaban J connectivity index is 1.53. The molecule has 1 amide bonds. The zero-order valence-corrected chi connectivity index (χ0v) is 15.8. The monoisotopic (exact) mass is 380 g/mol.